The van der Waals surface area contributed by atoms with Crippen molar-refractivity contribution in [3.8, 4) is 0 Å². The highest BCUT2D eigenvalue weighted by molar-refractivity contribution is 7.18. The number of carbonyl (C=O) groups excluding carboxylic acids is 1. The Morgan fingerprint density at radius 2 is 1.96 bits per heavy atom. The molecule has 2 aliphatic rings. The molecule has 0 saturated carbocycles. The van der Waals surface area contributed by atoms with Crippen LogP contribution in [0, 0.1) is 0 Å². The number of hydrogen-bond donors (Lipinski definition) is 0. The molecule has 1 aliphatic heterocycles. The topological polar surface area (TPSA) is 55.2 Å². The summed E-state index contributed by atoms with van der Waals surface area (Å²) in [6, 6.07) is 7.98. The van der Waals surface area contributed by atoms with Gasteiger partial charge in [0.25, 0.3) is 5.56 Å². The van der Waals surface area contributed by atoms with Gasteiger partial charge >= 0.3 is 0 Å². The smallest absolute Gasteiger partial charge is 0.262 e. The number of fused-ring (bicyclic) bond motifs is 4. The molecule has 2 aromatic heterocycles. The summed E-state index contributed by atoms with van der Waals surface area (Å²) in [7, 11) is 0. The summed E-state index contributed by atoms with van der Waals surface area (Å²) >= 11 is 1.65. The van der Waals surface area contributed by atoms with Gasteiger partial charge in [0.1, 0.15) is 11.4 Å². The number of rotatable bonds is 2. The number of anilines is 1. The molecule has 3 aromatic rings. The van der Waals surface area contributed by atoms with E-state index < -0.39 is 0 Å². The molecular weight excluding hydrogens is 358 g/mol. The fourth-order valence-electron chi connectivity index (χ4n) is 4.30. The van der Waals surface area contributed by atoms with Crippen molar-refractivity contribution in [2.45, 2.75) is 45.1 Å². The average Bonchev–Trinajstić information content (AvgIpc) is 3.19. The van der Waals surface area contributed by atoms with Gasteiger partial charge in [-0.3, -0.25) is 14.2 Å². The molecule has 0 fully saturated rings. The third kappa shape index (κ3) is 2.79. The zero-order chi connectivity index (χ0) is 18.4. The van der Waals surface area contributed by atoms with E-state index in [1.165, 1.54) is 33.4 Å². The predicted molar refractivity (Wildman–Crippen MR) is 108 cm³/mol. The van der Waals surface area contributed by atoms with Crippen molar-refractivity contribution >= 4 is 33.1 Å². The van der Waals surface area contributed by atoms with E-state index in [2.05, 4.69) is 11.1 Å². The molecular formula is C21H21N3O2S. The van der Waals surface area contributed by atoms with Gasteiger partial charge in [-0.2, -0.15) is 0 Å². The maximum Gasteiger partial charge on any atom is 0.262 e. The number of aryl methyl sites for hydroxylation is 2. The Labute approximate surface area is 161 Å². The van der Waals surface area contributed by atoms with E-state index in [0.717, 1.165) is 41.6 Å². The first-order valence-corrected chi connectivity index (χ1v) is 10.4. The van der Waals surface area contributed by atoms with Crippen LogP contribution >= 0.6 is 11.3 Å². The lowest BCUT2D eigenvalue weighted by molar-refractivity contribution is -0.119. The maximum atomic E-state index is 13.1. The first-order chi connectivity index (χ1) is 13.2. The standard InChI is InChI=1S/C21H21N3O2S/c25-18(24-11-10-14-6-4-5-8-16(14)24)12-23-13-22-20-19(21(23)26)15-7-2-1-3-9-17(15)27-20/h4-6,8,13H,1-3,7,9-12H2. The molecule has 6 heteroatoms. The lowest BCUT2D eigenvalue weighted by atomic mass is 10.1. The normalized spacial score (nSPS) is 16.2. The fourth-order valence-corrected chi connectivity index (χ4v) is 5.52. The largest absolute Gasteiger partial charge is 0.310 e. The first kappa shape index (κ1) is 16.7. The van der Waals surface area contributed by atoms with E-state index in [9.17, 15) is 9.59 Å². The Morgan fingerprint density at radius 1 is 1.11 bits per heavy atom. The predicted octanol–water partition coefficient (Wildman–Crippen LogP) is 3.32. The zero-order valence-corrected chi connectivity index (χ0v) is 15.9. The number of hydrogen-bond acceptors (Lipinski definition) is 4. The fraction of sp³-hybridized carbons (Fsp3) is 0.381. The summed E-state index contributed by atoms with van der Waals surface area (Å²) in [5, 5.41) is 0.744. The van der Waals surface area contributed by atoms with Crippen LogP contribution in [-0.2, 0) is 30.6 Å². The van der Waals surface area contributed by atoms with Crippen LogP contribution in [0.15, 0.2) is 35.4 Å². The second-order valence-electron chi connectivity index (χ2n) is 7.35. The van der Waals surface area contributed by atoms with Crippen molar-refractivity contribution in [2.24, 2.45) is 0 Å². The van der Waals surface area contributed by atoms with Gasteiger partial charge in [-0.15, -0.1) is 11.3 Å². The molecule has 27 heavy (non-hydrogen) atoms. The zero-order valence-electron chi connectivity index (χ0n) is 15.1. The molecule has 0 radical (unpaired) electrons. The molecule has 3 heterocycles. The van der Waals surface area contributed by atoms with Crippen molar-refractivity contribution in [2.75, 3.05) is 11.4 Å². The molecule has 5 rings (SSSR count). The monoisotopic (exact) mass is 379 g/mol. The van der Waals surface area contributed by atoms with Crippen LogP contribution in [0.2, 0.25) is 0 Å². The molecule has 0 spiro atoms. The van der Waals surface area contributed by atoms with Gasteiger partial charge in [0, 0.05) is 17.1 Å². The van der Waals surface area contributed by atoms with Gasteiger partial charge < -0.3 is 4.90 Å². The first-order valence-electron chi connectivity index (χ1n) is 9.60. The second kappa shape index (κ2) is 6.60. The van der Waals surface area contributed by atoms with E-state index in [1.807, 2.05) is 18.2 Å². The molecule has 1 aromatic carbocycles. The molecule has 0 unspecified atom stereocenters. The number of thiophene rings is 1. The summed E-state index contributed by atoms with van der Waals surface area (Å²) < 4.78 is 1.49. The van der Waals surface area contributed by atoms with Gasteiger partial charge in [-0.1, -0.05) is 24.6 Å². The molecule has 0 saturated heterocycles. The van der Waals surface area contributed by atoms with Crippen LogP contribution in [0.25, 0.3) is 10.2 Å². The minimum Gasteiger partial charge on any atom is -0.310 e. The summed E-state index contributed by atoms with van der Waals surface area (Å²) in [5.41, 5.74) is 3.27. The molecule has 138 valence electrons. The van der Waals surface area contributed by atoms with Crippen molar-refractivity contribution in [3.05, 3.63) is 57.0 Å². The van der Waals surface area contributed by atoms with Crippen molar-refractivity contribution in [1.29, 1.82) is 0 Å². The number of para-hydroxylation sites is 1. The van der Waals surface area contributed by atoms with E-state index in [4.69, 9.17) is 0 Å². The number of carbonyl (C=O) groups is 1. The highest BCUT2D eigenvalue weighted by Crippen LogP contribution is 2.33. The van der Waals surface area contributed by atoms with Crippen molar-refractivity contribution in [1.82, 2.24) is 9.55 Å². The van der Waals surface area contributed by atoms with E-state index in [0.29, 0.717) is 6.54 Å². The lowest BCUT2D eigenvalue weighted by Gasteiger charge is -2.17. The van der Waals surface area contributed by atoms with Crippen molar-refractivity contribution in [3.63, 3.8) is 0 Å². The van der Waals surface area contributed by atoms with Crippen LogP contribution in [-0.4, -0.2) is 22.0 Å². The van der Waals surface area contributed by atoms with Crippen LogP contribution in [0.4, 0.5) is 5.69 Å². The van der Waals surface area contributed by atoms with Crippen LogP contribution in [0.5, 0.6) is 0 Å². The molecule has 0 N–H and O–H groups in total. The highest BCUT2D eigenvalue weighted by atomic mass is 32.1. The Hall–Kier alpha value is -2.47. The summed E-state index contributed by atoms with van der Waals surface area (Å²) in [6.07, 6.45) is 7.91. The summed E-state index contributed by atoms with van der Waals surface area (Å²) in [4.78, 5) is 34.5. The maximum absolute atomic E-state index is 13.1. The van der Waals surface area contributed by atoms with Crippen LogP contribution in [0.3, 0.4) is 0 Å². The minimum absolute atomic E-state index is 0.0424. The van der Waals surface area contributed by atoms with Crippen LogP contribution in [0.1, 0.15) is 35.3 Å². The summed E-state index contributed by atoms with van der Waals surface area (Å²) in [5.74, 6) is -0.0514. The van der Waals surface area contributed by atoms with Crippen LogP contribution < -0.4 is 10.5 Å². The minimum atomic E-state index is -0.0692. The molecule has 5 nitrogen and oxygen atoms in total. The van der Waals surface area contributed by atoms with E-state index >= 15 is 0 Å². The third-order valence-corrected chi connectivity index (χ3v) is 6.89. The molecule has 0 atom stereocenters. The number of amides is 1. The van der Waals surface area contributed by atoms with E-state index in [1.54, 1.807) is 22.6 Å². The Bertz CT molecular complexity index is 1100. The average molecular weight is 379 g/mol. The van der Waals surface area contributed by atoms with Gasteiger partial charge in [0.05, 0.1) is 11.7 Å². The molecule has 1 amide bonds. The SMILES string of the molecule is O=C(Cn1cnc2sc3c(c2c1=O)CCCCC3)N1CCc2ccccc21. The summed E-state index contributed by atoms with van der Waals surface area (Å²) in [6.45, 7) is 0.719. The van der Waals surface area contributed by atoms with Crippen molar-refractivity contribution < 1.29 is 4.79 Å². The Balaban J connectivity index is 1.49. The van der Waals surface area contributed by atoms with Gasteiger partial charge in [-0.05, 0) is 49.3 Å². The Morgan fingerprint density at radius 3 is 2.89 bits per heavy atom. The van der Waals surface area contributed by atoms with Gasteiger partial charge in [0.2, 0.25) is 5.91 Å². The Kier molecular flexibility index (Phi) is 4.08. The number of aromatic nitrogens is 2. The van der Waals surface area contributed by atoms with Gasteiger partial charge in [0.15, 0.2) is 0 Å². The van der Waals surface area contributed by atoms with E-state index in [-0.39, 0.29) is 18.0 Å². The molecule has 0 bridgehead atoms. The number of nitrogens with zero attached hydrogens (tertiary/aromatic N) is 3. The third-order valence-electron chi connectivity index (χ3n) is 5.69. The second-order valence-corrected chi connectivity index (χ2v) is 8.43. The quantitative estimate of drug-likeness (QED) is 0.642. The van der Waals surface area contributed by atoms with Gasteiger partial charge in [-0.25, -0.2) is 4.98 Å². The lowest BCUT2D eigenvalue weighted by Crippen LogP contribution is -2.35. The number of benzene rings is 1. The highest BCUT2D eigenvalue weighted by Gasteiger charge is 2.25. The molecule has 1 aliphatic carbocycles.